The number of primary amides is 1. The van der Waals surface area contributed by atoms with Crippen molar-refractivity contribution in [2.75, 3.05) is 18.9 Å². The zero-order chi connectivity index (χ0) is 10.8. The lowest BCUT2D eigenvalue weighted by molar-refractivity contribution is 0.228. The fourth-order valence-electron chi connectivity index (χ4n) is 1.56. The number of amides is 2. The van der Waals surface area contributed by atoms with Crippen LogP contribution in [-0.2, 0) is 0 Å². The monoisotopic (exact) mass is 203 g/mol. The molecule has 4 heteroatoms. The molecule has 0 spiro atoms. The van der Waals surface area contributed by atoms with Gasteiger partial charge in [-0.25, -0.2) is 4.79 Å². The first-order valence-corrected chi connectivity index (χ1v) is 4.75. The van der Waals surface area contributed by atoms with Crippen LogP contribution in [-0.4, -0.2) is 24.5 Å². The van der Waals surface area contributed by atoms with Crippen LogP contribution < -0.4 is 11.1 Å². The topological polar surface area (TPSA) is 58.4 Å². The second-order valence-corrected chi connectivity index (χ2v) is 3.47. The molecular weight excluding hydrogens is 190 g/mol. The number of urea groups is 1. The van der Waals surface area contributed by atoms with Crippen LogP contribution in [0.5, 0.6) is 0 Å². The molecule has 2 amide bonds. The highest BCUT2D eigenvalue weighted by Gasteiger charge is 2.14. The molecule has 1 aromatic rings. The standard InChI is InChI=1S/C11H13N3O/c1-14(11(12)15)9-6-8-4-2-3-5-10(8)13-7-9/h2-6,13H,7H2,1H3,(H2,12,15). The largest absolute Gasteiger partial charge is 0.379 e. The van der Waals surface area contributed by atoms with Crippen LogP contribution >= 0.6 is 0 Å². The Morgan fingerprint density at radius 1 is 1.47 bits per heavy atom. The van der Waals surface area contributed by atoms with Gasteiger partial charge in [0.2, 0.25) is 0 Å². The maximum atomic E-state index is 11.0. The second kappa shape index (κ2) is 3.65. The Morgan fingerprint density at radius 3 is 2.93 bits per heavy atom. The lowest BCUT2D eigenvalue weighted by atomic mass is 10.1. The number of carbonyl (C=O) groups excluding carboxylic acids is 1. The van der Waals surface area contributed by atoms with E-state index in [-0.39, 0.29) is 0 Å². The van der Waals surface area contributed by atoms with E-state index in [1.54, 1.807) is 7.05 Å². The Hall–Kier alpha value is -1.97. The smallest absolute Gasteiger partial charge is 0.318 e. The minimum absolute atomic E-state index is 0.442. The van der Waals surface area contributed by atoms with Gasteiger partial charge in [0.05, 0.1) is 6.54 Å². The van der Waals surface area contributed by atoms with E-state index in [9.17, 15) is 4.79 Å². The molecule has 1 aliphatic heterocycles. The van der Waals surface area contributed by atoms with Gasteiger partial charge in [-0.1, -0.05) is 18.2 Å². The summed E-state index contributed by atoms with van der Waals surface area (Å²) in [4.78, 5) is 12.4. The number of nitrogens with two attached hydrogens (primary N) is 1. The molecule has 78 valence electrons. The van der Waals surface area contributed by atoms with Gasteiger partial charge in [-0.2, -0.15) is 0 Å². The molecule has 0 saturated carbocycles. The van der Waals surface area contributed by atoms with Crippen molar-refractivity contribution >= 4 is 17.8 Å². The number of rotatable bonds is 1. The Morgan fingerprint density at radius 2 is 2.20 bits per heavy atom. The Balaban J connectivity index is 2.33. The molecule has 0 radical (unpaired) electrons. The van der Waals surface area contributed by atoms with Crippen molar-refractivity contribution in [3.8, 4) is 0 Å². The highest BCUT2D eigenvalue weighted by molar-refractivity contribution is 5.79. The highest BCUT2D eigenvalue weighted by Crippen LogP contribution is 2.23. The van der Waals surface area contributed by atoms with Crippen LogP contribution in [0.1, 0.15) is 5.56 Å². The Bertz CT molecular complexity index is 426. The first-order valence-electron chi connectivity index (χ1n) is 4.75. The molecule has 1 aromatic carbocycles. The predicted octanol–water partition coefficient (Wildman–Crippen LogP) is 1.46. The molecule has 2 rings (SSSR count). The summed E-state index contributed by atoms with van der Waals surface area (Å²) in [6.45, 7) is 0.621. The average Bonchev–Trinajstić information content (AvgIpc) is 2.27. The summed E-state index contributed by atoms with van der Waals surface area (Å²) in [6, 6.07) is 7.50. The predicted molar refractivity (Wildman–Crippen MR) is 60.3 cm³/mol. The zero-order valence-electron chi connectivity index (χ0n) is 8.53. The van der Waals surface area contributed by atoms with Crippen LogP contribution in [0.3, 0.4) is 0 Å². The lowest BCUT2D eigenvalue weighted by Crippen LogP contribution is -2.34. The highest BCUT2D eigenvalue weighted by atomic mass is 16.2. The SMILES string of the molecule is CN(C(N)=O)C1=Cc2ccccc2NC1. The molecule has 0 atom stereocenters. The summed E-state index contributed by atoms with van der Waals surface area (Å²) in [6.07, 6.45) is 1.97. The van der Waals surface area contributed by atoms with Crippen molar-refractivity contribution in [2.45, 2.75) is 0 Å². The van der Waals surface area contributed by atoms with Crippen molar-refractivity contribution in [1.29, 1.82) is 0 Å². The van der Waals surface area contributed by atoms with E-state index in [0.29, 0.717) is 6.54 Å². The third kappa shape index (κ3) is 1.79. The van der Waals surface area contributed by atoms with E-state index in [2.05, 4.69) is 5.32 Å². The molecule has 0 aliphatic carbocycles. The van der Waals surface area contributed by atoms with Crippen LogP contribution in [0.4, 0.5) is 10.5 Å². The van der Waals surface area contributed by atoms with Crippen LogP contribution in [0.25, 0.3) is 6.08 Å². The molecule has 0 unspecified atom stereocenters. The van der Waals surface area contributed by atoms with Crippen molar-refractivity contribution in [2.24, 2.45) is 5.73 Å². The quantitative estimate of drug-likeness (QED) is 0.726. The molecule has 0 bridgehead atoms. The van der Waals surface area contributed by atoms with Crippen LogP contribution in [0.2, 0.25) is 0 Å². The van der Waals surface area contributed by atoms with E-state index in [1.165, 1.54) is 4.90 Å². The Labute approximate surface area is 88.4 Å². The number of anilines is 1. The maximum absolute atomic E-state index is 11.0. The van der Waals surface area contributed by atoms with Crippen LogP contribution in [0, 0.1) is 0 Å². The van der Waals surface area contributed by atoms with Crippen molar-refractivity contribution in [3.63, 3.8) is 0 Å². The van der Waals surface area contributed by atoms with E-state index < -0.39 is 6.03 Å². The summed E-state index contributed by atoms with van der Waals surface area (Å²) in [5.41, 5.74) is 8.24. The lowest BCUT2D eigenvalue weighted by Gasteiger charge is -2.24. The van der Waals surface area contributed by atoms with Crippen molar-refractivity contribution < 1.29 is 4.79 Å². The zero-order valence-corrected chi connectivity index (χ0v) is 8.53. The second-order valence-electron chi connectivity index (χ2n) is 3.47. The summed E-state index contributed by atoms with van der Waals surface area (Å²) >= 11 is 0. The molecular formula is C11H13N3O. The van der Waals surface area contributed by atoms with E-state index in [4.69, 9.17) is 5.73 Å². The van der Waals surface area contributed by atoms with Gasteiger partial charge in [-0.05, 0) is 17.7 Å². The van der Waals surface area contributed by atoms with E-state index in [0.717, 1.165) is 16.9 Å². The fourth-order valence-corrected chi connectivity index (χ4v) is 1.56. The molecule has 0 aromatic heterocycles. The molecule has 1 heterocycles. The molecule has 4 nitrogen and oxygen atoms in total. The average molecular weight is 203 g/mol. The molecule has 3 N–H and O–H groups in total. The fraction of sp³-hybridized carbons (Fsp3) is 0.182. The normalized spacial score (nSPS) is 13.5. The number of hydrogen-bond acceptors (Lipinski definition) is 2. The number of fused-ring (bicyclic) bond motifs is 1. The molecule has 15 heavy (non-hydrogen) atoms. The summed E-state index contributed by atoms with van der Waals surface area (Å²) < 4.78 is 0. The Kier molecular flexibility index (Phi) is 2.33. The minimum Gasteiger partial charge on any atom is -0.379 e. The first kappa shape index (κ1) is 9.58. The van der Waals surface area contributed by atoms with Gasteiger partial charge in [0, 0.05) is 18.4 Å². The van der Waals surface area contributed by atoms with Gasteiger partial charge < -0.3 is 11.1 Å². The summed E-state index contributed by atoms with van der Waals surface area (Å²) in [5, 5.41) is 3.23. The van der Waals surface area contributed by atoms with Crippen molar-refractivity contribution in [3.05, 3.63) is 35.5 Å². The van der Waals surface area contributed by atoms with Gasteiger partial charge in [0.15, 0.2) is 0 Å². The number of nitrogens with one attached hydrogen (secondary N) is 1. The summed E-state index contributed by atoms with van der Waals surface area (Å²) in [7, 11) is 1.67. The molecule has 0 fully saturated rings. The number of nitrogens with zero attached hydrogens (tertiary/aromatic N) is 1. The number of likely N-dealkylation sites (N-methyl/N-ethyl adjacent to an activating group) is 1. The number of hydrogen-bond donors (Lipinski definition) is 2. The first-order chi connectivity index (χ1) is 7.18. The number of carbonyl (C=O) groups is 1. The van der Waals surface area contributed by atoms with Gasteiger partial charge in [-0.3, -0.25) is 4.90 Å². The molecule has 1 aliphatic rings. The third-order valence-electron chi connectivity index (χ3n) is 2.50. The third-order valence-corrected chi connectivity index (χ3v) is 2.50. The number of para-hydroxylation sites is 1. The van der Waals surface area contributed by atoms with E-state index >= 15 is 0 Å². The summed E-state index contributed by atoms with van der Waals surface area (Å²) in [5.74, 6) is 0. The van der Waals surface area contributed by atoms with Crippen LogP contribution in [0.15, 0.2) is 30.0 Å². The number of benzene rings is 1. The van der Waals surface area contributed by atoms with Crippen molar-refractivity contribution in [1.82, 2.24) is 4.90 Å². The van der Waals surface area contributed by atoms with Gasteiger partial charge in [-0.15, -0.1) is 0 Å². The molecule has 0 saturated heterocycles. The minimum atomic E-state index is -0.442. The van der Waals surface area contributed by atoms with E-state index in [1.807, 2.05) is 30.3 Å². The van der Waals surface area contributed by atoms with Gasteiger partial charge in [0.1, 0.15) is 0 Å². The van der Waals surface area contributed by atoms with Gasteiger partial charge in [0.25, 0.3) is 0 Å². The van der Waals surface area contributed by atoms with Gasteiger partial charge >= 0.3 is 6.03 Å². The maximum Gasteiger partial charge on any atom is 0.318 e.